The van der Waals surface area contributed by atoms with Gasteiger partial charge >= 0.3 is 5.97 Å². The van der Waals surface area contributed by atoms with E-state index in [2.05, 4.69) is 40.5 Å². The standard InChI is InChI=1S/C13H21IO3/c1-4-16-12(15)7-11-6-5-9(2)13(17-11)10(3)8-14/h8-9,11,13H,4-7H2,1-3H3/b10-8+/t9-,11+,13-/m0/s1. The molecule has 0 aromatic heterocycles. The Balaban J connectivity index is 2.52. The molecule has 1 aliphatic rings. The van der Waals surface area contributed by atoms with Gasteiger partial charge in [0, 0.05) is 0 Å². The molecule has 0 aromatic carbocycles. The highest BCUT2D eigenvalue weighted by Gasteiger charge is 2.30. The third-order valence-electron chi connectivity index (χ3n) is 3.12. The first-order chi connectivity index (χ1) is 8.08. The van der Waals surface area contributed by atoms with Gasteiger partial charge in [-0.05, 0) is 42.3 Å². The van der Waals surface area contributed by atoms with Gasteiger partial charge in [0.2, 0.25) is 0 Å². The first-order valence-corrected chi connectivity index (χ1v) is 7.41. The molecule has 0 unspecified atom stereocenters. The van der Waals surface area contributed by atoms with Crippen molar-refractivity contribution in [2.75, 3.05) is 6.61 Å². The topological polar surface area (TPSA) is 35.5 Å². The highest BCUT2D eigenvalue weighted by molar-refractivity contribution is 14.1. The van der Waals surface area contributed by atoms with Gasteiger partial charge in [-0.15, -0.1) is 0 Å². The van der Waals surface area contributed by atoms with Gasteiger partial charge in [0.05, 0.1) is 25.2 Å². The van der Waals surface area contributed by atoms with Crippen LogP contribution in [-0.4, -0.2) is 24.8 Å². The molecule has 1 saturated heterocycles. The van der Waals surface area contributed by atoms with Gasteiger partial charge in [0.15, 0.2) is 0 Å². The fourth-order valence-corrected chi connectivity index (χ4v) is 2.54. The Bertz CT molecular complexity index is 288. The van der Waals surface area contributed by atoms with Crippen molar-refractivity contribution in [2.24, 2.45) is 5.92 Å². The van der Waals surface area contributed by atoms with Crippen molar-refractivity contribution < 1.29 is 14.3 Å². The quantitative estimate of drug-likeness (QED) is 0.574. The van der Waals surface area contributed by atoms with Crippen molar-refractivity contribution >= 4 is 28.6 Å². The maximum absolute atomic E-state index is 11.4. The summed E-state index contributed by atoms with van der Waals surface area (Å²) in [6, 6.07) is 0. The molecule has 0 aliphatic carbocycles. The van der Waals surface area contributed by atoms with Crippen LogP contribution in [0.3, 0.4) is 0 Å². The Morgan fingerprint density at radius 3 is 2.82 bits per heavy atom. The van der Waals surface area contributed by atoms with Crippen LogP contribution in [0.1, 0.15) is 40.0 Å². The lowest BCUT2D eigenvalue weighted by Crippen LogP contribution is -2.36. The van der Waals surface area contributed by atoms with Crippen LogP contribution in [-0.2, 0) is 14.3 Å². The van der Waals surface area contributed by atoms with E-state index in [0.717, 1.165) is 12.8 Å². The molecule has 0 bridgehead atoms. The largest absolute Gasteiger partial charge is 0.466 e. The first kappa shape index (κ1) is 15.0. The van der Waals surface area contributed by atoms with Crippen LogP contribution in [0.4, 0.5) is 0 Å². The summed E-state index contributed by atoms with van der Waals surface area (Å²) in [5, 5.41) is 0. The molecule has 1 rings (SSSR count). The Hall–Kier alpha value is -0.100. The number of esters is 1. The molecule has 17 heavy (non-hydrogen) atoms. The average Bonchev–Trinajstić information content (AvgIpc) is 2.31. The van der Waals surface area contributed by atoms with Gasteiger partial charge in [-0.1, -0.05) is 29.5 Å². The molecule has 0 aromatic rings. The summed E-state index contributed by atoms with van der Waals surface area (Å²) in [4.78, 5) is 11.4. The van der Waals surface area contributed by atoms with E-state index in [1.807, 2.05) is 6.92 Å². The van der Waals surface area contributed by atoms with Crippen LogP contribution in [0.2, 0.25) is 0 Å². The predicted molar refractivity (Wildman–Crippen MR) is 76.1 cm³/mol. The van der Waals surface area contributed by atoms with Crippen LogP contribution in [0.25, 0.3) is 0 Å². The Kier molecular flexibility index (Phi) is 6.48. The minimum absolute atomic E-state index is 0.0153. The van der Waals surface area contributed by atoms with E-state index < -0.39 is 0 Å². The monoisotopic (exact) mass is 352 g/mol. The molecule has 1 fully saturated rings. The van der Waals surface area contributed by atoms with E-state index in [1.54, 1.807) is 0 Å². The molecule has 3 nitrogen and oxygen atoms in total. The van der Waals surface area contributed by atoms with Crippen LogP contribution in [0.15, 0.2) is 9.66 Å². The zero-order valence-electron chi connectivity index (χ0n) is 10.7. The summed E-state index contributed by atoms with van der Waals surface area (Å²) in [6.07, 6.45) is 2.61. The second kappa shape index (κ2) is 7.36. The van der Waals surface area contributed by atoms with Gasteiger partial charge in [-0.3, -0.25) is 4.79 Å². The number of rotatable bonds is 4. The molecular formula is C13H21IO3. The highest BCUT2D eigenvalue weighted by atomic mass is 127. The second-order valence-electron chi connectivity index (χ2n) is 4.60. The van der Waals surface area contributed by atoms with Gasteiger partial charge in [-0.2, -0.15) is 0 Å². The second-order valence-corrected chi connectivity index (χ2v) is 5.22. The number of hydrogen-bond donors (Lipinski definition) is 0. The Morgan fingerprint density at radius 1 is 1.53 bits per heavy atom. The normalized spacial score (nSPS) is 30.1. The summed E-state index contributed by atoms with van der Waals surface area (Å²) in [7, 11) is 0. The minimum Gasteiger partial charge on any atom is -0.466 e. The SMILES string of the molecule is CCOC(=O)C[C@H]1CC[C@H](C)[C@@H](/C(C)=C/I)O1. The highest BCUT2D eigenvalue weighted by Crippen LogP contribution is 2.31. The van der Waals surface area contributed by atoms with E-state index in [9.17, 15) is 4.79 Å². The third kappa shape index (κ3) is 4.58. The van der Waals surface area contributed by atoms with E-state index in [0.29, 0.717) is 18.9 Å². The molecule has 3 atom stereocenters. The minimum atomic E-state index is -0.151. The number of ether oxygens (including phenoxy) is 2. The van der Waals surface area contributed by atoms with Crippen LogP contribution in [0, 0.1) is 5.92 Å². The van der Waals surface area contributed by atoms with E-state index in [-0.39, 0.29) is 18.2 Å². The van der Waals surface area contributed by atoms with Crippen molar-refractivity contribution in [1.29, 1.82) is 0 Å². The molecular weight excluding hydrogens is 331 g/mol. The van der Waals surface area contributed by atoms with Crippen molar-refractivity contribution in [1.82, 2.24) is 0 Å². The molecule has 1 aliphatic heterocycles. The van der Waals surface area contributed by atoms with Crippen LogP contribution in [0.5, 0.6) is 0 Å². The van der Waals surface area contributed by atoms with Crippen molar-refractivity contribution in [2.45, 2.75) is 52.2 Å². The van der Waals surface area contributed by atoms with Crippen molar-refractivity contribution in [3.63, 3.8) is 0 Å². The van der Waals surface area contributed by atoms with E-state index in [1.165, 1.54) is 5.57 Å². The summed E-state index contributed by atoms with van der Waals surface area (Å²) in [5.74, 6) is 0.376. The summed E-state index contributed by atoms with van der Waals surface area (Å²) >= 11 is 2.24. The number of carbonyl (C=O) groups excluding carboxylic acids is 1. The number of hydrogen-bond acceptors (Lipinski definition) is 3. The Morgan fingerprint density at radius 2 is 2.24 bits per heavy atom. The summed E-state index contributed by atoms with van der Waals surface area (Å²) in [5.41, 5.74) is 1.24. The molecule has 1 heterocycles. The molecule has 0 spiro atoms. The lowest BCUT2D eigenvalue weighted by molar-refractivity contribution is -0.149. The molecule has 98 valence electrons. The van der Waals surface area contributed by atoms with Gasteiger partial charge < -0.3 is 9.47 Å². The molecule has 0 N–H and O–H groups in total. The average molecular weight is 352 g/mol. The van der Waals surface area contributed by atoms with Gasteiger partial charge in [0.1, 0.15) is 0 Å². The molecule has 4 heteroatoms. The maximum atomic E-state index is 11.4. The van der Waals surface area contributed by atoms with E-state index in [4.69, 9.17) is 9.47 Å². The first-order valence-electron chi connectivity index (χ1n) is 6.16. The molecule has 0 radical (unpaired) electrons. The number of carbonyl (C=O) groups is 1. The molecule has 0 amide bonds. The van der Waals surface area contributed by atoms with Crippen LogP contribution < -0.4 is 0 Å². The maximum Gasteiger partial charge on any atom is 0.308 e. The zero-order valence-corrected chi connectivity index (χ0v) is 12.9. The smallest absolute Gasteiger partial charge is 0.308 e. The lowest BCUT2D eigenvalue weighted by Gasteiger charge is -2.35. The van der Waals surface area contributed by atoms with Gasteiger partial charge in [0.25, 0.3) is 0 Å². The third-order valence-corrected chi connectivity index (χ3v) is 4.10. The fourth-order valence-electron chi connectivity index (χ4n) is 2.18. The predicted octanol–water partition coefficient (Wildman–Crippen LogP) is 3.46. The summed E-state index contributed by atoms with van der Waals surface area (Å²) in [6.45, 7) is 6.56. The zero-order chi connectivity index (χ0) is 12.8. The van der Waals surface area contributed by atoms with E-state index >= 15 is 0 Å². The van der Waals surface area contributed by atoms with Crippen molar-refractivity contribution in [3.8, 4) is 0 Å². The molecule has 0 saturated carbocycles. The number of halogens is 1. The van der Waals surface area contributed by atoms with Crippen molar-refractivity contribution in [3.05, 3.63) is 9.66 Å². The van der Waals surface area contributed by atoms with Gasteiger partial charge in [-0.25, -0.2) is 0 Å². The lowest BCUT2D eigenvalue weighted by atomic mass is 9.89. The summed E-state index contributed by atoms with van der Waals surface area (Å²) < 4.78 is 13.0. The van der Waals surface area contributed by atoms with Crippen LogP contribution >= 0.6 is 22.6 Å². The Labute approximate surface area is 117 Å². The fraction of sp³-hybridized carbons (Fsp3) is 0.769.